The lowest BCUT2D eigenvalue weighted by molar-refractivity contribution is -0.119. The number of aromatic nitrogens is 3. The number of hydrogen-bond donors (Lipinski definition) is 3. The number of nitrogens with zero attached hydrogens (tertiary/aromatic N) is 5. The average molecular weight is 481 g/mol. The summed E-state index contributed by atoms with van der Waals surface area (Å²) in [7, 11) is 0. The SMILES string of the molecule is CC(=O)NCC1CN(c2ccc(N(N)/C=C(\N)Cn3cnc(-c4cccnc4)c3)c(F)c2)C(=O)O1. The fourth-order valence-electron chi connectivity index (χ4n) is 3.58. The van der Waals surface area contributed by atoms with Gasteiger partial charge in [-0.15, -0.1) is 0 Å². The molecule has 35 heavy (non-hydrogen) atoms. The van der Waals surface area contributed by atoms with E-state index in [0.29, 0.717) is 11.4 Å². The lowest BCUT2D eigenvalue weighted by Gasteiger charge is -2.19. The van der Waals surface area contributed by atoms with E-state index in [1.54, 1.807) is 29.4 Å². The Morgan fingerprint density at radius 2 is 2.23 bits per heavy atom. The number of hydrazine groups is 1. The minimum absolute atomic E-state index is 0.0701. The Kier molecular flexibility index (Phi) is 6.92. The van der Waals surface area contributed by atoms with E-state index in [0.717, 1.165) is 16.3 Å². The fourth-order valence-corrected chi connectivity index (χ4v) is 3.58. The monoisotopic (exact) mass is 480 g/mol. The molecule has 12 heteroatoms. The number of carbonyl (C=O) groups is 2. The number of amides is 2. The number of halogens is 1. The third-order valence-corrected chi connectivity index (χ3v) is 5.23. The lowest BCUT2D eigenvalue weighted by Crippen LogP contribution is -2.33. The van der Waals surface area contributed by atoms with Crippen LogP contribution in [-0.4, -0.2) is 45.7 Å². The lowest BCUT2D eigenvalue weighted by atomic mass is 10.2. The molecule has 4 rings (SSSR count). The summed E-state index contributed by atoms with van der Waals surface area (Å²) in [6.45, 7) is 2.02. The van der Waals surface area contributed by atoms with Gasteiger partial charge in [0.15, 0.2) is 0 Å². The predicted molar refractivity (Wildman–Crippen MR) is 127 cm³/mol. The van der Waals surface area contributed by atoms with Crippen molar-refractivity contribution in [3.05, 3.63) is 73.0 Å². The maximum Gasteiger partial charge on any atom is 0.414 e. The Morgan fingerprint density at radius 3 is 2.94 bits per heavy atom. The van der Waals surface area contributed by atoms with E-state index < -0.39 is 18.0 Å². The van der Waals surface area contributed by atoms with Crippen LogP contribution in [0.2, 0.25) is 0 Å². The molecule has 1 unspecified atom stereocenters. The molecule has 1 aliphatic heterocycles. The van der Waals surface area contributed by atoms with Gasteiger partial charge in [0.1, 0.15) is 11.9 Å². The van der Waals surface area contributed by atoms with E-state index in [4.69, 9.17) is 16.3 Å². The molecular weight excluding hydrogens is 455 g/mol. The third-order valence-electron chi connectivity index (χ3n) is 5.23. The van der Waals surface area contributed by atoms with Crippen LogP contribution in [0.5, 0.6) is 0 Å². The molecule has 1 aliphatic rings. The van der Waals surface area contributed by atoms with Crippen LogP contribution < -0.4 is 26.8 Å². The second-order valence-electron chi connectivity index (χ2n) is 7.97. The van der Waals surface area contributed by atoms with E-state index in [-0.39, 0.29) is 31.2 Å². The van der Waals surface area contributed by atoms with Gasteiger partial charge >= 0.3 is 6.09 Å². The molecule has 11 nitrogen and oxygen atoms in total. The van der Waals surface area contributed by atoms with Gasteiger partial charge in [0.05, 0.1) is 43.0 Å². The van der Waals surface area contributed by atoms with E-state index >= 15 is 0 Å². The molecule has 1 saturated heterocycles. The molecule has 0 bridgehead atoms. The van der Waals surface area contributed by atoms with Gasteiger partial charge in [-0.1, -0.05) is 0 Å². The molecule has 3 heterocycles. The highest BCUT2D eigenvalue weighted by atomic mass is 19.1. The van der Waals surface area contributed by atoms with Crippen molar-refractivity contribution in [1.82, 2.24) is 19.9 Å². The number of pyridine rings is 1. The first kappa shape index (κ1) is 23.7. The van der Waals surface area contributed by atoms with Crippen LogP contribution in [0.1, 0.15) is 6.92 Å². The van der Waals surface area contributed by atoms with E-state index in [1.807, 2.05) is 18.3 Å². The molecule has 1 fully saturated rings. The van der Waals surface area contributed by atoms with Gasteiger partial charge < -0.3 is 20.4 Å². The quantitative estimate of drug-likeness (QED) is 0.327. The van der Waals surface area contributed by atoms with Crippen LogP contribution in [0.3, 0.4) is 0 Å². The van der Waals surface area contributed by atoms with Crippen molar-refractivity contribution in [2.75, 3.05) is 23.0 Å². The molecular formula is C23H25FN8O3. The molecule has 0 aliphatic carbocycles. The second-order valence-corrected chi connectivity index (χ2v) is 7.97. The molecule has 0 spiro atoms. The molecule has 1 aromatic carbocycles. The summed E-state index contributed by atoms with van der Waals surface area (Å²) >= 11 is 0. The van der Waals surface area contributed by atoms with Gasteiger partial charge in [-0.25, -0.2) is 20.0 Å². The zero-order valence-electron chi connectivity index (χ0n) is 19.0. The topological polar surface area (TPSA) is 145 Å². The maximum absolute atomic E-state index is 14.9. The van der Waals surface area contributed by atoms with Gasteiger partial charge in [-0.05, 0) is 30.3 Å². The minimum atomic E-state index is -0.645. The van der Waals surface area contributed by atoms with Crippen molar-refractivity contribution in [3.8, 4) is 11.3 Å². The van der Waals surface area contributed by atoms with Gasteiger partial charge in [0.25, 0.3) is 0 Å². The predicted octanol–water partition coefficient (Wildman–Crippen LogP) is 1.73. The summed E-state index contributed by atoms with van der Waals surface area (Å²) in [5.41, 5.74) is 8.49. The number of anilines is 2. The highest BCUT2D eigenvalue weighted by Crippen LogP contribution is 2.27. The largest absolute Gasteiger partial charge is 0.442 e. The first-order valence-corrected chi connectivity index (χ1v) is 10.7. The van der Waals surface area contributed by atoms with Gasteiger partial charge in [0, 0.05) is 43.0 Å². The Hall–Kier alpha value is -4.45. The second kappa shape index (κ2) is 10.2. The number of nitrogens with one attached hydrogen (secondary N) is 1. The summed E-state index contributed by atoms with van der Waals surface area (Å²) < 4.78 is 21.8. The van der Waals surface area contributed by atoms with Gasteiger partial charge in [0.2, 0.25) is 5.91 Å². The number of allylic oxidation sites excluding steroid dienone is 1. The van der Waals surface area contributed by atoms with Crippen LogP contribution in [0.25, 0.3) is 11.3 Å². The van der Waals surface area contributed by atoms with Crippen molar-refractivity contribution in [2.45, 2.75) is 19.6 Å². The molecule has 2 amide bonds. The fraction of sp³-hybridized carbons (Fsp3) is 0.217. The van der Waals surface area contributed by atoms with Crippen molar-refractivity contribution in [1.29, 1.82) is 0 Å². The smallest absolute Gasteiger partial charge is 0.414 e. The molecule has 0 radical (unpaired) electrons. The zero-order valence-corrected chi connectivity index (χ0v) is 19.0. The number of carbonyl (C=O) groups excluding carboxylic acids is 2. The molecule has 3 aromatic rings. The Balaban J connectivity index is 1.40. The summed E-state index contributed by atoms with van der Waals surface area (Å²) in [6, 6.07) is 7.92. The number of ether oxygens (including phenoxy) is 1. The first-order chi connectivity index (χ1) is 16.8. The number of hydrogen-bond acceptors (Lipinski definition) is 8. The van der Waals surface area contributed by atoms with Crippen molar-refractivity contribution in [3.63, 3.8) is 0 Å². The highest BCUT2D eigenvalue weighted by Gasteiger charge is 2.32. The molecule has 0 saturated carbocycles. The number of cyclic esters (lactones) is 1. The van der Waals surface area contributed by atoms with Crippen LogP contribution in [0, 0.1) is 5.82 Å². The standard InChI is InChI=1S/C23H25FN8O3/c1-15(33)28-9-19-12-31(23(34)35-19)18-4-5-22(20(24)7-18)32(26)11-17(25)10-30-13-21(29-14-30)16-3-2-6-27-8-16/h2-8,11,13-14,19H,9-10,12,25-26H2,1H3,(H,28,33)/b17-11-. The summed E-state index contributed by atoms with van der Waals surface area (Å²) in [5, 5.41) is 3.67. The van der Waals surface area contributed by atoms with Crippen molar-refractivity contribution in [2.24, 2.45) is 11.6 Å². The minimum Gasteiger partial charge on any atom is -0.442 e. The van der Waals surface area contributed by atoms with Crippen molar-refractivity contribution >= 4 is 23.4 Å². The van der Waals surface area contributed by atoms with Crippen LogP contribution >= 0.6 is 0 Å². The number of nitrogens with two attached hydrogens (primary N) is 2. The number of benzene rings is 1. The van der Waals surface area contributed by atoms with Crippen LogP contribution in [0.15, 0.2) is 67.1 Å². The summed E-state index contributed by atoms with van der Waals surface area (Å²) in [4.78, 5) is 32.9. The molecule has 1 atom stereocenters. The number of imidazole rings is 1. The molecule has 5 N–H and O–H groups in total. The van der Waals surface area contributed by atoms with Gasteiger partial charge in [-0.3, -0.25) is 19.7 Å². The van der Waals surface area contributed by atoms with E-state index in [1.165, 1.54) is 30.2 Å². The van der Waals surface area contributed by atoms with E-state index in [2.05, 4.69) is 15.3 Å². The average Bonchev–Trinajstić information content (AvgIpc) is 3.44. The van der Waals surface area contributed by atoms with E-state index in [9.17, 15) is 14.0 Å². The molecule has 2 aromatic heterocycles. The first-order valence-electron chi connectivity index (χ1n) is 10.7. The Bertz CT molecular complexity index is 1250. The van der Waals surface area contributed by atoms with Crippen LogP contribution in [-0.2, 0) is 16.1 Å². The summed E-state index contributed by atoms with van der Waals surface area (Å²) in [6.07, 6.45) is 7.12. The Morgan fingerprint density at radius 1 is 1.40 bits per heavy atom. The highest BCUT2D eigenvalue weighted by molar-refractivity contribution is 5.90. The Labute approximate surface area is 200 Å². The third kappa shape index (κ3) is 5.73. The zero-order chi connectivity index (χ0) is 24.9. The van der Waals surface area contributed by atoms with Crippen molar-refractivity contribution < 1.29 is 18.7 Å². The summed E-state index contributed by atoms with van der Waals surface area (Å²) in [5.74, 6) is 5.15. The van der Waals surface area contributed by atoms with Gasteiger partial charge in [-0.2, -0.15) is 0 Å². The molecule has 182 valence electrons. The maximum atomic E-state index is 14.9. The van der Waals surface area contributed by atoms with Crippen LogP contribution in [0.4, 0.5) is 20.6 Å². The normalized spacial score (nSPS) is 15.7. The number of rotatable bonds is 8.